The summed E-state index contributed by atoms with van der Waals surface area (Å²) in [6.07, 6.45) is 1.41. The van der Waals surface area contributed by atoms with Gasteiger partial charge in [-0.05, 0) is 66.9 Å². The molecule has 0 aromatic heterocycles. The van der Waals surface area contributed by atoms with E-state index in [2.05, 4.69) is 15.8 Å². The van der Waals surface area contributed by atoms with E-state index in [0.29, 0.717) is 32.6 Å². The van der Waals surface area contributed by atoms with Gasteiger partial charge in [0.05, 0.1) is 6.21 Å². The fraction of sp³-hybridized carbons (Fsp3) is 0.125. The SMILES string of the molecule is Cc1ccc(NC(=O)C(=O)N/N=C/c2cccc(OCc3c(Cl)cccc3Cl)c2)cc1C. The Kier molecular flexibility index (Phi) is 7.87. The molecule has 0 radical (unpaired) electrons. The van der Waals surface area contributed by atoms with Gasteiger partial charge in [-0.25, -0.2) is 5.43 Å². The first-order valence-corrected chi connectivity index (χ1v) is 10.5. The standard InChI is InChI=1S/C24H21Cl2N3O3/c1-15-9-10-18(11-16(15)2)28-23(30)24(31)29-27-13-17-5-3-6-19(12-17)32-14-20-21(25)7-4-8-22(20)26/h3-13H,14H2,1-2H3,(H,28,30)(H,29,31)/b27-13+. The largest absolute Gasteiger partial charge is 0.489 e. The minimum absolute atomic E-state index is 0.203. The van der Waals surface area contributed by atoms with Crippen LogP contribution in [-0.2, 0) is 16.2 Å². The molecule has 0 unspecified atom stereocenters. The lowest BCUT2D eigenvalue weighted by atomic mass is 10.1. The molecule has 6 nitrogen and oxygen atoms in total. The van der Waals surface area contributed by atoms with Gasteiger partial charge >= 0.3 is 11.8 Å². The zero-order chi connectivity index (χ0) is 23.1. The Hall–Kier alpha value is -3.35. The van der Waals surface area contributed by atoms with Crippen molar-refractivity contribution in [3.63, 3.8) is 0 Å². The maximum Gasteiger partial charge on any atom is 0.329 e. The van der Waals surface area contributed by atoms with Crippen LogP contribution in [0, 0.1) is 13.8 Å². The molecule has 0 aliphatic rings. The number of carbonyl (C=O) groups excluding carboxylic acids is 2. The Morgan fingerprint density at radius 1 is 0.938 bits per heavy atom. The minimum Gasteiger partial charge on any atom is -0.489 e. The van der Waals surface area contributed by atoms with Crippen molar-refractivity contribution in [1.82, 2.24) is 5.43 Å². The van der Waals surface area contributed by atoms with Crippen molar-refractivity contribution in [3.8, 4) is 5.75 Å². The Labute approximate surface area is 196 Å². The molecule has 0 saturated carbocycles. The average molecular weight is 470 g/mol. The Bertz CT molecular complexity index is 1160. The van der Waals surface area contributed by atoms with Gasteiger partial charge in [-0.1, -0.05) is 47.5 Å². The van der Waals surface area contributed by atoms with Crippen LogP contribution in [0.4, 0.5) is 5.69 Å². The molecule has 32 heavy (non-hydrogen) atoms. The van der Waals surface area contributed by atoms with Crippen molar-refractivity contribution in [1.29, 1.82) is 0 Å². The fourth-order valence-corrected chi connectivity index (χ4v) is 3.24. The van der Waals surface area contributed by atoms with Crippen LogP contribution in [0.3, 0.4) is 0 Å². The van der Waals surface area contributed by atoms with Gasteiger partial charge in [0.2, 0.25) is 0 Å². The maximum absolute atomic E-state index is 12.0. The zero-order valence-corrected chi connectivity index (χ0v) is 19.0. The fourth-order valence-electron chi connectivity index (χ4n) is 2.73. The van der Waals surface area contributed by atoms with Gasteiger partial charge in [-0.15, -0.1) is 0 Å². The molecule has 8 heteroatoms. The Morgan fingerprint density at radius 3 is 2.38 bits per heavy atom. The monoisotopic (exact) mass is 469 g/mol. The number of halogens is 2. The van der Waals surface area contributed by atoms with E-state index in [4.69, 9.17) is 27.9 Å². The predicted molar refractivity (Wildman–Crippen MR) is 128 cm³/mol. The van der Waals surface area contributed by atoms with Crippen molar-refractivity contribution in [2.24, 2.45) is 5.10 Å². The number of benzene rings is 3. The molecule has 3 aromatic rings. The summed E-state index contributed by atoms with van der Waals surface area (Å²) in [4.78, 5) is 24.0. The molecule has 0 fully saturated rings. The number of amides is 2. The van der Waals surface area contributed by atoms with Crippen LogP contribution >= 0.6 is 23.2 Å². The molecule has 0 aliphatic carbocycles. The first-order valence-electron chi connectivity index (χ1n) is 9.71. The molecule has 3 aromatic carbocycles. The highest BCUT2D eigenvalue weighted by atomic mass is 35.5. The lowest BCUT2D eigenvalue weighted by molar-refractivity contribution is -0.136. The van der Waals surface area contributed by atoms with E-state index >= 15 is 0 Å². The van der Waals surface area contributed by atoms with Crippen molar-refractivity contribution < 1.29 is 14.3 Å². The summed E-state index contributed by atoms with van der Waals surface area (Å²) in [5, 5.41) is 7.43. The van der Waals surface area contributed by atoms with Crippen LogP contribution in [0.15, 0.2) is 65.8 Å². The third-order valence-electron chi connectivity index (χ3n) is 4.65. The summed E-state index contributed by atoms with van der Waals surface area (Å²) in [5.41, 5.74) is 6.22. The second-order valence-corrected chi connectivity index (χ2v) is 7.83. The number of hydrazone groups is 1. The van der Waals surface area contributed by atoms with Gasteiger partial charge in [0.25, 0.3) is 0 Å². The topological polar surface area (TPSA) is 79.8 Å². The van der Waals surface area contributed by atoms with Crippen LogP contribution in [0.25, 0.3) is 0 Å². The molecular formula is C24H21Cl2N3O3. The number of carbonyl (C=O) groups is 2. The van der Waals surface area contributed by atoms with Crippen molar-refractivity contribution in [2.45, 2.75) is 20.5 Å². The maximum atomic E-state index is 12.0. The first kappa shape index (κ1) is 23.3. The van der Waals surface area contributed by atoms with Crippen molar-refractivity contribution >= 4 is 46.9 Å². The highest BCUT2D eigenvalue weighted by molar-refractivity contribution is 6.39. The predicted octanol–water partition coefficient (Wildman–Crippen LogP) is 5.28. The Morgan fingerprint density at radius 2 is 1.66 bits per heavy atom. The minimum atomic E-state index is -0.875. The molecule has 0 aliphatic heterocycles. The second-order valence-electron chi connectivity index (χ2n) is 7.01. The lowest BCUT2D eigenvalue weighted by Gasteiger charge is -2.10. The summed E-state index contributed by atoms with van der Waals surface area (Å²) in [6.45, 7) is 4.10. The van der Waals surface area contributed by atoms with Crippen LogP contribution in [0.5, 0.6) is 5.75 Å². The number of nitrogens with one attached hydrogen (secondary N) is 2. The van der Waals surface area contributed by atoms with Crippen molar-refractivity contribution in [2.75, 3.05) is 5.32 Å². The third-order valence-corrected chi connectivity index (χ3v) is 5.36. The van der Waals surface area contributed by atoms with Crippen LogP contribution in [0.2, 0.25) is 10.0 Å². The average Bonchev–Trinajstić information content (AvgIpc) is 2.76. The highest BCUT2D eigenvalue weighted by Gasteiger charge is 2.13. The number of hydrogen-bond donors (Lipinski definition) is 2. The molecule has 0 bridgehead atoms. The van der Waals surface area contributed by atoms with Gasteiger partial charge in [-0.2, -0.15) is 5.10 Å². The molecule has 0 spiro atoms. The number of aryl methyl sites for hydroxylation is 2. The number of hydrogen-bond acceptors (Lipinski definition) is 4. The smallest absolute Gasteiger partial charge is 0.329 e. The van der Waals surface area contributed by atoms with Gasteiger partial charge in [0.1, 0.15) is 12.4 Å². The summed E-state index contributed by atoms with van der Waals surface area (Å²) in [5.74, 6) is -1.11. The second kappa shape index (κ2) is 10.8. The van der Waals surface area contributed by atoms with Crippen LogP contribution < -0.4 is 15.5 Å². The third kappa shape index (κ3) is 6.33. The first-order chi connectivity index (χ1) is 15.3. The lowest BCUT2D eigenvalue weighted by Crippen LogP contribution is -2.32. The summed E-state index contributed by atoms with van der Waals surface area (Å²) >= 11 is 12.3. The molecular weight excluding hydrogens is 449 g/mol. The van der Waals surface area contributed by atoms with Crippen molar-refractivity contribution in [3.05, 3.63) is 93.0 Å². The normalized spacial score (nSPS) is 10.8. The number of ether oxygens (including phenoxy) is 1. The molecule has 0 heterocycles. The van der Waals surface area contributed by atoms with Crippen LogP contribution in [0.1, 0.15) is 22.3 Å². The molecule has 2 N–H and O–H groups in total. The van der Waals surface area contributed by atoms with E-state index in [-0.39, 0.29) is 6.61 Å². The van der Waals surface area contributed by atoms with E-state index in [1.165, 1.54) is 6.21 Å². The molecule has 2 amide bonds. The van der Waals surface area contributed by atoms with Gasteiger partial charge in [0.15, 0.2) is 0 Å². The Balaban J connectivity index is 1.55. The van der Waals surface area contributed by atoms with E-state index in [1.807, 2.05) is 19.9 Å². The van der Waals surface area contributed by atoms with Gasteiger partial charge < -0.3 is 10.1 Å². The summed E-state index contributed by atoms with van der Waals surface area (Å²) in [6, 6.07) is 17.7. The highest BCUT2D eigenvalue weighted by Crippen LogP contribution is 2.26. The van der Waals surface area contributed by atoms with Gasteiger partial charge in [0, 0.05) is 21.3 Å². The number of nitrogens with zero attached hydrogens (tertiary/aromatic N) is 1. The molecule has 3 rings (SSSR count). The van der Waals surface area contributed by atoms with E-state index in [9.17, 15) is 9.59 Å². The summed E-state index contributed by atoms with van der Waals surface area (Å²) < 4.78 is 5.76. The van der Waals surface area contributed by atoms with E-state index < -0.39 is 11.8 Å². The number of rotatable bonds is 6. The van der Waals surface area contributed by atoms with Crippen LogP contribution in [-0.4, -0.2) is 18.0 Å². The van der Waals surface area contributed by atoms with Gasteiger partial charge in [-0.3, -0.25) is 9.59 Å². The quantitative estimate of drug-likeness (QED) is 0.292. The molecule has 0 saturated heterocycles. The summed E-state index contributed by atoms with van der Waals surface area (Å²) in [7, 11) is 0. The van der Waals surface area contributed by atoms with E-state index in [0.717, 1.165) is 11.1 Å². The molecule has 0 atom stereocenters. The molecule has 164 valence electrons. The zero-order valence-electron chi connectivity index (χ0n) is 17.5. The van der Waals surface area contributed by atoms with E-state index in [1.54, 1.807) is 54.6 Å². The number of anilines is 1.